The number of hydrogen-bond donors (Lipinski definition) is 0. The lowest BCUT2D eigenvalue weighted by molar-refractivity contribution is 0.413. The van der Waals surface area contributed by atoms with Crippen LogP contribution < -0.4 is 4.74 Å². The van der Waals surface area contributed by atoms with Crippen molar-refractivity contribution < 1.29 is 4.74 Å². The summed E-state index contributed by atoms with van der Waals surface area (Å²) in [7, 11) is 1.74. The summed E-state index contributed by atoms with van der Waals surface area (Å²) < 4.78 is 5.29. The van der Waals surface area contributed by atoms with Gasteiger partial charge in [0.1, 0.15) is 5.75 Å². The molecule has 0 bridgehead atoms. The number of methoxy groups -OCH3 is 1. The molecule has 1 fully saturated rings. The van der Waals surface area contributed by atoms with E-state index in [1.54, 1.807) is 7.11 Å². The average molecular weight is 283 g/mol. The van der Waals surface area contributed by atoms with Crippen molar-refractivity contribution in [2.24, 2.45) is 0 Å². The normalized spacial score (nSPS) is 26.1. The highest BCUT2D eigenvalue weighted by Gasteiger charge is 2.19. The third-order valence-electron chi connectivity index (χ3n) is 3.43. The van der Waals surface area contributed by atoms with Crippen LogP contribution in [-0.2, 0) is 0 Å². The summed E-state index contributed by atoms with van der Waals surface area (Å²) in [6.45, 7) is 0. The Balaban J connectivity index is 2.14. The molecule has 1 aromatic rings. The zero-order valence-electron chi connectivity index (χ0n) is 9.79. The molecular formula is C14H19BrO. The number of hydrogen-bond acceptors (Lipinski definition) is 1. The molecule has 0 saturated heterocycles. The Morgan fingerprint density at radius 3 is 2.88 bits per heavy atom. The molecule has 0 radical (unpaired) electrons. The number of ether oxygens (including phenoxy) is 1. The van der Waals surface area contributed by atoms with E-state index in [4.69, 9.17) is 4.74 Å². The van der Waals surface area contributed by atoms with Crippen molar-refractivity contribution in [2.75, 3.05) is 7.11 Å². The molecule has 0 aromatic heterocycles. The van der Waals surface area contributed by atoms with Gasteiger partial charge in [0.25, 0.3) is 0 Å². The van der Waals surface area contributed by atoms with Crippen LogP contribution in [0.15, 0.2) is 24.3 Å². The quantitative estimate of drug-likeness (QED) is 0.573. The van der Waals surface area contributed by atoms with Crippen molar-refractivity contribution in [1.29, 1.82) is 0 Å². The Hall–Kier alpha value is -0.500. The van der Waals surface area contributed by atoms with Crippen molar-refractivity contribution >= 4 is 15.9 Å². The predicted molar refractivity (Wildman–Crippen MR) is 71.5 cm³/mol. The van der Waals surface area contributed by atoms with Gasteiger partial charge in [0, 0.05) is 4.83 Å². The largest absolute Gasteiger partial charge is 0.497 e. The molecule has 0 N–H and O–H groups in total. The van der Waals surface area contributed by atoms with Gasteiger partial charge >= 0.3 is 0 Å². The van der Waals surface area contributed by atoms with Gasteiger partial charge < -0.3 is 4.74 Å². The highest BCUT2D eigenvalue weighted by Crippen LogP contribution is 2.35. The minimum Gasteiger partial charge on any atom is -0.497 e. The SMILES string of the molecule is COc1cccc(C2CCCCC(Br)C2)c1. The molecule has 2 unspecified atom stereocenters. The highest BCUT2D eigenvalue weighted by molar-refractivity contribution is 9.09. The van der Waals surface area contributed by atoms with Crippen molar-refractivity contribution in [1.82, 2.24) is 0 Å². The number of halogens is 1. The van der Waals surface area contributed by atoms with Gasteiger partial charge in [-0.3, -0.25) is 0 Å². The van der Waals surface area contributed by atoms with E-state index in [0.29, 0.717) is 10.7 Å². The predicted octanol–water partition coefficient (Wildman–Crippen LogP) is 4.51. The van der Waals surface area contributed by atoms with Crippen LogP contribution in [0.1, 0.15) is 43.6 Å². The zero-order valence-corrected chi connectivity index (χ0v) is 11.4. The molecule has 2 heteroatoms. The molecule has 0 aliphatic heterocycles. The van der Waals surface area contributed by atoms with E-state index in [1.807, 2.05) is 6.07 Å². The van der Waals surface area contributed by atoms with Crippen LogP contribution in [0.5, 0.6) is 5.75 Å². The molecular weight excluding hydrogens is 264 g/mol. The van der Waals surface area contributed by atoms with Crippen LogP contribution >= 0.6 is 15.9 Å². The Morgan fingerprint density at radius 1 is 1.25 bits per heavy atom. The van der Waals surface area contributed by atoms with E-state index in [9.17, 15) is 0 Å². The minimum atomic E-state index is 0.686. The standard InChI is InChI=1S/C14H19BrO/c1-16-14-8-4-6-12(10-14)11-5-2-3-7-13(15)9-11/h4,6,8,10-11,13H,2-3,5,7,9H2,1H3. The van der Waals surface area contributed by atoms with Crippen LogP contribution in [0.4, 0.5) is 0 Å². The first-order valence-electron chi connectivity index (χ1n) is 6.07. The summed E-state index contributed by atoms with van der Waals surface area (Å²) in [5, 5.41) is 0. The van der Waals surface area contributed by atoms with Crippen molar-refractivity contribution in [2.45, 2.75) is 42.8 Å². The second-order valence-electron chi connectivity index (χ2n) is 4.59. The smallest absolute Gasteiger partial charge is 0.119 e. The first-order chi connectivity index (χ1) is 7.79. The molecule has 0 amide bonds. The first kappa shape index (κ1) is 12.0. The van der Waals surface area contributed by atoms with Crippen LogP contribution in [-0.4, -0.2) is 11.9 Å². The lowest BCUT2D eigenvalue weighted by Gasteiger charge is -2.17. The molecule has 1 aliphatic rings. The first-order valence-corrected chi connectivity index (χ1v) is 6.99. The molecule has 1 aromatic carbocycles. The topological polar surface area (TPSA) is 9.23 Å². The molecule has 2 atom stereocenters. The molecule has 0 heterocycles. The van der Waals surface area contributed by atoms with Gasteiger partial charge in [-0.2, -0.15) is 0 Å². The fraction of sp³-hybridized carbons (Fsp3) is 0.571. The maximum absolute atomic E-state index is 5.29. The number of alkyl halides is 1. The Morgan fingerprint density at radius 2 is 2.06 bits per heavy atom. The maximum atomic E-state index is 5.29. The Kier molecular flexibility index (Phi) is 4.28. The summed E-state index contributed by atoms with van der Waals surface area (Å²) in [6, 6.07) is 8.54. The molecule has 2 rings (SSSR count). The van der Waals surface area contributed by atoms with Crippen LogP contribution in [0.2, 0.25) is 0 Å². The van der Waals surface area contributed by atoms with E-state index in [1.165, 1.54) is 37.7 Å². The second kappa shape index (κ2) is 5.72. The van der Waals surface area contributed by atoms with Gasteiger partial charge in [-0.15, -0.1) is 0 Å². The molecule has 88 valence electrons. The third kappa shape index (κ3) is 3.00. The number of rotatable bonds is 2. The monoisotopic (exact) mass is 282 g/mol. The minimum absolute atomic E-state index is 0.686. The van der Waals surface area contributed by atoms with E-state index < -0.39 is 0 Å². The van der Waals surface area contributed by atoms with Crippen molar-refractivity contribution in [3.05, 3.63) is 29.8 Å². The van der Waals surface area contributed by atoms with Gasteiger partial charge in [-0.05, 0) is 42.9 Å². The molecule has 1 saturated carbocycles. The summed E-state index contributed by atoms with van der Waals surface area (Å²) in [6.07, 6.45) is 6.60. The van der Waals surface area contributed by atoms with Gasteiger partial charge in [-0.1, -0.05) is 40.9 Å². The molecule has 0 spiro atoms. The lowest BCUT2D eigenvalue weighted by Crippen LogP contribution is -2.03. The van der Waals surface area contributed by atoms with Crippen LogP contribution in [0.3, 0.4) is 0 Å². The van der Waals surface area contributed by atoms with Crippen molar-refractivity contribution in [3.63, 3.8) is 0 Å². The van der Waals surface area contributed by atoms with Crippen LogP contribution in [0.25, 0.3) is 0 Å². The van der Waals surface area contributed by atoms with Gasteiger partial charge in [-0.25, -0.2) is 0 Å². The van der Waals surface area contributed by atoms with Crippen LogP contribution in [0, 0.1) is 0 Å². The second-order valence-corrected chi connectivity index (χ2v) is 5.89. The van der Waals surface area contributed by atoms with Gasteiger partial charge in [0.2, 0.25) is 0 Å². The number of benzene rings is 1. The summed E-state index contributed by atoms with van der Waals surface area (Å²) in [5.41, 5.74) is 1.44. The van der Waals surface area contributed by atoms with E-state index in [2.05, 4.69) is 34.1 Å². The van der Waals surface area contributed by atoms with Gasteiger partial charge in [0.05, 0.1) is 7.11 Å². The maximum Gasteiger partial charge on any atom is 0.119 e. The lowest BCUT2D eigenvalue weighted by atomic mass is 9.92. The molecule has 1 aliphatic carbocycles. The fourth-order valence-corrected chi connectivity index (χ4v) is 3.27. The Labute approximate surface area is 106 Å². The Bertz CT molecular complexity index is 337. The van der Waals surface area contributed by atoms with E-state index in [0.717, 1.165) is 5.75 Å². The average Bonchev–Trinajstić information content (AvgIpc) is 2.54. The third-order valence-corrected chi connectivity index (χ3v) is 4.26. The molecule has 1 nitrogen and oxygen atoms in total. The van der Waals surface area contributed by atoms with E-state index >= 15 is 0 Å². The summed E-state index contributed by atoms with van der Waals surface area (Å²) >= 11 is 3.78. The van der Waals surface area contributed by atoms with Crippen molar-refractivity contribution in [3.8, 4) is 5.75 Å². The van der Waals surface area contributed by atoms with Gasteiger partial charge in [0.15, 0.2) is 0 Å². The highest BCUT2D eigenvalue weighted by atomic mass is 79.9. The summed E-state index contributed by atoms with van der Waals surface area (Å²) in [5.74, 6) is 1.68. The summed E-state index contributed by atoms with van der Waals surface area (Å²) in [4.78, 5) is 0.686. The van der Waals surface area contributed by atoms with E-state index in [-0.39, 0.29) is 0 Å². The fourth-order valence-electron chi connectivity index (χ4n) is 2.50. The zero-order chi connectivity index (χ0) is 11.4. The molecule has 16 heavy (non-hydrogen) atoms.